The molecule has 1 aliphatic heterocycles. The van der Waals surface area contributed by atoms with Gasteiger partial charge in [-0.1, -0.05) is 29.4 Å². The number of thioether (sulfide) groups is 1. The first-order chi connectivity index (χ1) is 13.8. The van der Waals surface area contributed by atoms with Crippen molar-refractivity contribution in [1.29, 1.82) is 0 Å². The normalized spacial score (nSPS) is 14.1. The topological polar surface area (TPSA) is 78.3 Å². The first kappa shape index (κ1) is 19.5. The molecule has 2 heterocycles. The van der Waals surface area contributed by atoms with Crippen molar-refractivity contribution in [2.75, 3.05) is 11.1 Å². The van der Waals surface area contributed by atoms with Gasteiger partial charge in [-0.15, -0.1) is 19.0 Å². The molecular weight excluding hydrogens is 426 g/mol. The van der Waals surface area contributed by atoms with E-state index in [2.05, 4.69) is 25.0 Å². The number of anilines is 1. The summed E-state index contributed by atoms with van der Waals surface area (Å²) >= 11 is 7.34. The lowest BCUT2D eigenvalue weighted by Gasteiger charge is -2.08. The second-order valence-corrected chi connectivity index (χ2v) is 7.43. The van der Waals surface area contributed by atoms with Crippen molar-refractivity contribution in [1.82, 2.24) is 14.8 Å². The van der Waals surface area contributed by atoms with E-state index in [4.69, 9.17) is 11.6 Å². The number of alkyl halides is 2. The molecule has 0 aliphatic carbocycles. The predicted molar refractivity (Wildman–Crippen MR) is 103 cm³/mol. The minimum absolute atomic E-state index is 0.0306. The summed E-state index contributed by atoms with van der Waals surface area (Å²) in [6.07, 6.45) is -2.18. The van der Waals surface area contributed by atoms with E-state index in [9.17, 15) is 13.6 Å². The molecule has 11 heteroatoms. The highest BCUT2D eigenvalue weighted by molar-refractivity contribution is 7.99. The maximum Gasteiger partial charge on any atom is 0.586 e. The smallest absolute Gasteiger partial charge is 0.395 e. The lowest BCUT2D eigenvalue weighted by molar-refractivity contribution is -0.286. The van der Waals surface area contributed by atoms with Crippen molar-refractivity contribution in [2.45, 2.75) is 18.4 Å². The van der Waals surface area contributed by atoms with Gasteiger partial charge in [0.15, 0.2) is 16.7 Å². The molecular formula is C18H13ClF2N4O3S. The van der Waals surface area contributed by atoms with Gasteiger partial charge in [-0.05, 0) is 36.8 Å². The fourth-order valence-corrected chi connectivity index (χ4v) is 3.49. The zero-order valence-electron chi connectivity index (χ0n) is 14.9. The van der Waals surface area contributed by atoms with Crippen molar-refractivity contribution in [3.63, 3.8) is 0 Å². The van der Waals surface area contributed by atoms with Crippen LogP contribution in [0.3, 0.4) is 0 Å². The van der Waals surface area contributed by atoms with E-state index in [0.717, 1.165) is 11.3 Å². The molecule has 0 unspecified atom stereocenters. The number of ether oxygens (including phenoxy) is 2. The number of fused-ring (bicyclic) bond motifs is 1. The van der Waals surface area contributed by atoms with Crippen molar-refractivity contribution in [3.8, 4) is 17.2 Å². The molecule has 1 aromatic heterocycles. The minimum Gasteiger partial charge on any atom is -0.395 e. The second-order valence-electron chi connectivity index (χ2n) is 6.08. The summed E-state index contributed by atoms with van der Waals surface area (Å²) in [6.45, 7) is 1.90. The van der Waals surface area contributed by atoms with Gasteiger partial charge in [0.25, 0.3) is 0 Å². The summed E-state index contributed by atoms with van der Waals surface area (Å²) in [7, 11) is 0. The van der Waals surface area contributed by atoms with Gasteiger partial charge in [0, 0.05) is 16.8 Å². The Morgan fingerprint density at radius 2 is 2.03 bits per heavy atom. The zero-order valence-corrected chi connectivity index (χ0v) is 16.4. The van der Waals surface area contributed by atoms with Gasteiger partial charge in [0.05, 0.1) is 11.4 Å². The molecule has 1 N–H and O–H groups in total. The van der Waals surface area contributed by atoms with E-state index in [1.165, 1.54) is 36.3 Å². The fraction of sp³-hybridized carbons (Fsp3) is 0.167. The molecule has 0 spiro atoms. The average molecular weight is 439 g/mol. The van der Waals surface area contributed by atoms with Crippen LogP contribution in [0, 0.1) is 6.92 Å². The fourth-order valence-electron chi connectivity index (χ4n) is 2.59. The molecule has 150 valence electrons. The maximum absolute atomic E-state index is 13.1. The van der Waals surface area contributed by atoms with Crippen LogP contribution in [0.1, 0.15) is 5.56 Å². The number of aryl methyl sites for hydroxylation is 1. The number of hydrogen-bond donors (Lipinski definition) is 1. The largest absolute Gasteiger partial charge is 0.586 e. The van der Waals surface area contributed by atoms with Crippen molar-refractivity contribution >= 4 is 35.0 Å². The summed E-state index contributed by atoms with van der Waals surface area (Å²) in [5.41, 5.74) is 2.02. The van der Waals surface area contributed by atoms with Crippen LogP contribution in [0.4, 0.5) is 14.5 Å². The molecule has 0 fully saturated rings. The van der Waals surface area contributed by atoms with Crippen LogP contribution in [0.25, 0.3) is 5.69 Å². The highest BCUT2D eigenvalue weighted by Crippen LogP contribution is 2.42. The van der Waals surface area contributed by atoms with Gasteiger partial charge in [-0.2, -0.15) is 0 Å². The van der Waals surface area contributed by atoms with E-state index in [0.29, 0.717) is 15.9 Å². The Bertz CT molecular complexity index is 1090. The van der Waals surface area contributed by atoms with E-state index in [1.54, 1.807) is 10.6 Å². The number of carbonyl (C=O) groups is 1. The molecule has 0 saturated heterocycles. The summed E-state index contributed by atoms with van der Waals surface area (Å²) in [5.74, 6) is -0.552. The maximum atomic E-state index is 13.1. The molecule has 7 nitrogen and oxygen atoms in total. The lowest BCUT2D eigenvalue weighted by Crippen LogP contribution is -2.25. The SMILES string of the molecule is Cc1ccc(-n2cnnc2SCC(=O)Nc2ccc3c(c2)OC(F)(F)O3)cc1Cl. The number of aromatic nitrogens is 3. The Morgan fingerprint density at radius 3 is 2.83 bits per heavy atom. The van der Waals surface area contributed by atoms with Gasteiger partial charge in [-0.25, -0.2) is 0 Å². The van der Waals surface area contributed by atoms with Crippen LogP contribution in [0.5, 0.6) is 11.5 Å². The van der Waals surface area contributed by atoms with Crippen LogP contribution in [0.2, 0.25) is 5.02 Å². The standard InChI is InChI=1S/C18H13ClF2N4O3S/c1-10-2-4-12(7-13(10)19)25-9-22-24-17(25)29-8-16(26)23-11-3-5-14-15(6-11)28-18(20,21)27-14/h2-7,9H,8H2,1H3,(H,23,26). The van der Waals surface area contributed by atoms with Crippen molar-refractivity contribution in [2.24, 2.45) is 0 Å². The highest BCUT2D eigenvalue weighted by Gasteiger charge is 2.43. The van der Waals surface area contributed by atoms with Crippen molar-refractivity contribution in [3.05, 3.63) is 53.3 Å². The van der Waals surface area contributed by atoms with Gasteiger partial charge >= 0.3 is 6.29 Å². The first-order valence-electron chi connectivity index (χ1n) is 8.30. The second kappa shape index (κ2) is 7.53. The summed E-state index contributed by atoms with van der Waals surface area (Å²) in [4.78, 5) is 12.3. The van der Waals surface area contributed by atoms with E-state index in [-0.39, 0.29) is 23.2 Å². The predicted octanol–water partition coefficient (Wildman–Crippen LogP) is 4.28. The minimum atomic E-state index is -3.70. The van der Waals surface area contributed by atoms with E-state index in [1.807, 2.05) is 19.1 Å². The molecule has 0 saturated carbocycles. The zero-order chi connectivity index (χ0) is 20.6. The van der Waals surface area contributed by atoms with Crippen LogP contribution in [-0.2, 0) is 4.79 Å². The van der Waals surface area contributed by atoms with Gasteiger partial charge in [-0.3, -0.25) is 9.36 Å². The van der Waals surface area contributed by atoms with Crippen LogP contribution >= 0.6 is 23.4 Å². The molecule has 0 radical (unpaired) electrons. The molecule has 3 aromatic rings. The Kier molecular flexibility index (Phi) is 5.05. The Hall–Kier alpha value is -2.85. The number of nitrogens with zero attached hydrogens (tertiary/aromatic N) is 3. The summed E-state index contributed by atoms with van der Waals surface area (Å²) in [6, 6.07) is 9.56. The molecule has 29 heavy (non-hydrogen) atoms. The first-order valence-corrected chi connectivity index (χ1v) is 9.66. The van der Waals surface area contributed by atoms with E-state index < -0.39 is 6.29 Å². The third-order valence-corrected chi connectivity index (χ3v) is 5.32. The third kappa shape index (κ3) is 4.28. The number of amides is 1. The average Bonchev–Trinajstić information content (AvgIpc) is 3.24. The van der Waals surface area contributed by atoms with Gasteiger partial charge in [0.1, 0.15) is 6.33 Å². The number of carbonyl (C=O) groups excluding carboxylic acids is 1. The van der Waals surface area contributed by atoms with Gasteiger partial charge < -0.3 is 14.8 Å². The summed E-state index contributed by atoms with van der Waals surface area (Å²) in [5, 5.41) is 11.6. The molecule has 1 amide bonds. The van der Waals surface area contributed by atoms with Gasteiger partial charge in [0.2, 0.25) is 5.91 Å². The Labute approximate surface area is 173 Å². The molecule has 0 bridgehead atoms. The number of benzene rings is 2. The number of hydrogen-bond acceptors (Lipinski definition) is 6. The molecule has 2 aromatic carbocycles. The number of nitrogens with one attached hydrogen (secondary N) is 1. The highest BCUT2D eigenvalue weighted by atomic mass is 35.5. The van der Waals surface area contributed by atoms with Crippen LogP contribution < -0.4 is 14.8 Å². The van der Waals surface area contributed by atoms with Crippen molar-refractivity contribution < 1.29 is 23.0 Å². The Morgan fingerprint density at radius 1 is 1.24 bits per heavy atom. The number of halogens is 3. The van der Waals surface area contributed by atoms with Crippen LogP contribution in [0.15, 0.2) is 47.9 Å². The lowest BCUT2D eigenvalue weighted by atomic mass is 10.2. The molecule has 0 atom stereocenters. The van der Waals surface area contributed by atoms with Crippen LogP contribution in [-0.4, -0.2) is 32.7 Å². The third-order valence-electron chi connectivity index (χ3n) is 3.97. The Balaban J connectivity index is 1.40. The summed E-state index contributed by atoms with van der Waals surface area (Å²) < 4.78 is 36.6. The molecule has 1 aliphatic rings. The molecule has 4 rings (SSSR count). The monoisotopic (exact) mass is 438 g/mol. The van der Waals surface area contributed by atoms with E-state index >= 15 is 0 Å². The quantitative estimate of drug-likeness (QED) is 0.599. The number of rotatable bonds is 5.